The van der Waals surface area contributed by atoms with Crippen LogP contribution in [0.5, 0.6) is 0 Å². The Labute approximate surface area is 161 Å². The Kier molecular flexibility index (Phi) is 4.98. The van der Waals surface area contributed by atoms with Crippen LogP contribution < -0.4 is 5.32 Å². The second kappa shape index (κ2) is 7.44. The summed E-state index contributed by atoms with van der Waals surface area (Å²) in [5, 5.41) is 32.9. The molecule has 0 aliphatic carbocycles. The van der Waals surface area contributed by atoms with Crippen molar-refractivity contribution in [3.8, 4) is 0 Å². The summed E-state index contributed by atoms with van der Waals surface area (Å²) in [6.07, 6.45) is -1.25. The SMILES string of the molecule is Cc1ccc([C@H](C)Nc2ncnc3c2ncn3[C@@H]2O[C@H](CO)[C@@H](O)[C@H]2O)cc1. The predicted molar refractivity (Wildman–Crippen MR) is 102 cm³/mol. The van der Waals surface area contributed by atoms with E-state index >= 15 is 0 Å². The third-order valence-electron chi connectivity index (χ3n) is 5.08. The zero-order valence-electron chi connectivity index (χ0n) is 15.6. The van der Waals surface area contributed by atoms with Crippen LogP contribution in [0, 0.1) is 6.92 Å². The normalized spacial score (nSPS) is 25.9. The summed E-state index contributed by atoms with van der Waals surface area (Å²) in [4.78, 5) is 12.9. The van der Waals surface area contributed by atoms with E-state index in [0.29, 0.717) is 17.0 Å². The van der Waals surface area contributed by atoms with Crippen molar-refractivity contribution in [3.63, 3.8) is 0 Å². The quantitative estimate of drug-likeness (QED) is 0.511. The third-order valence-corrected chi connectivity index (χ3v) is 5.08. The third kappa shape index (κ3) is 3.22. The van der Waals surface area contributed by atoms with Crippen molar-refractivity contribution in [2.24, 2.45) is 0 Å². The first kappa shape index (κ1) is 18.8. The number of benzene rings is 1. The van der Waals surface area contributed by atoms with Gasteiger partial charge in [0, 0.05) is 0 Å². The molecule has 0 amide bonds. The van der Waals surface area contributed by atoms with Crippen molar-refractivity contribution in [2.45, 2.75) is 44.4 Å². The Balaban J connectivity index is 1.63. The van der Waals surface area contributed by atoms with Gasteiger partial charge < -0.3 is 25.4 Å². The zero-order chi connectivity index (χ0) is 19.8. The lowest BCUT2D eigenvalue weighted by Crippen LogP contribution is -2.33. The molecule has 0 unspecified atom stereocenters. The minimum atomic E-state index is -1.20. The van der Waals surface area contributed by atoms with E-state index in [1.54, 1.807) is 4.57 Å². The van der Waals surface area contributed by atoms with Crippen molar-refractivity contribution >= 4 is 17.0 Å². The maximum absolute atomic E-state index is 10.3. The molecule has 1 aliphatic rings. The van der Waals surface area contributed by atoms with Gasteiger partial charge in [0.25, 0.3) is 0 Å². The van der Waals surface area contributed by atoms with Gasteiger partial charge >= 0.3 is 0 Å². The van der Waals surface area contributed by atoms with Crippen LogP contribution in [0.3, 0.4) is 0 Å². The lowest BCUT2D eigenvalue weighted by Gasteiger charge is -2.17. The Morgan fingerprint density at radius 1 is 1.14 bits per heavy atom. The van der Waals surface area contributed by atoms with Gasteiger partial charge in [-0.15, -0.1) is 0 Å². The molecule has 0 radical (unpaired) electrons. The van der Waals surface area contributed by atoms with E-state index in [1.165, 1.54) is 18.2 Å². The number of ether oxygens (including phenoxy) is 1. The number of imidazole rings is 1. The summed E-state index contributed by atoms with van der Waals surface area (Å²) in [6, 6.07) is 8.23. The number of aliphatic hydroxyl groups is 3. The minimum Gasteiger partial charge on any atom is -0.394 e. The number of aromatic nitrogens is 4. The summed E-state index contributed by atoms with van der Waals surface area (Å²) in [6.45, 7) is 3.68. The molecule has 1 aromatic carbocycles. The molecular formula is C19H23N5O4. The Morgan fingerprint density at radius 3 is 2.57 bits per heavy atom. The minimum absolute atomic E-state index is 0.00207. The number of rotatable bonds is 5. The first-order valence-electron chi connectivity index (χ1n) is 9.12. The predicted octanol–water partition coefficient (Wildman–Crippen LogP) is 0.919. The molecule has 4 N–H and O–H groups in total. The highest BCUT2D eigenvalue weighted by Gasteiger charge is 2.44. The summed E-state index contributed by atoms with van der Waals surface area (Å²) in [7, 11) is 0. The summed E-state index contributed by atoms with van der Waals surface area (Å²) < 4.78 is 7.13. The fourth-order valence-electron chi connectivity index (χ4n) is 3.40. The van der Waals surface area contributed by atoms with E-state index in [0.717, 1.165) is 5.56 Å². The molecule has 3 heterocycles. The van der Waals surface area contributed by atoms with Crippen LogP contribution in [-0.2, 0) is 4.74 Å². The van der Waals surface area contributed by atoms with Gasteiger partial charge in [-0.1, -0.05) is 29.8 Å². The fourth-order valence-corrected chi connectivity index (χ4v) is 3.40. The molecule has 1 aliphatic heterocycles. The van der Waals surface area contributed by atoms with Crippen LogP contribution in [0.25, 0.3) is 11.2 Å². The summed E-state index contributed by atoms with van der Waals surface area (Å²) in [5.41, 5.74) is 3.29. The van der Waals surface area contributed by atoms with Gasteiger partial charge in [-0.05, 0) is 19.4 Å². The van der Waals surface area contributed by atoms with E-state index < -0.39 is 31.1 Å². The highest BCUT2D eigenvalue weighted by atomic mass is 16.6. The monoisotopic (exact) mass is 385 g/mol. The Bertz CT molecular complexity index is 961. The maximum Gasteiger partial charge on any atom is 0.167 e. The zero-order valence-corrected chi connectivity index (χ0v) is 15.6. The average molecular weight is 385 g/mol. The van der Waals surface area contributed by atoms with Gasteiger partial charge in [0.15, 0.2) is 23.2 Å². The van der Waals surface area contributed by atoms with Gasteiger partial charge in [-0.3, -0.25) is 4.57 Å². The number of anilines is 1. The Hall–Kier alpha value is -2.59. The van der Waals surface area contributed by atoms with Crippen LogP contribution in [0.4, 0.5) is 5.82 Å². The smallest absolute Gasteiger partial charge is 0.167 e. The summed E-state index contributed by atoms with van der Waals surface area (Å²) in [5.74, 6) is 0.559. The molecule has 3 aromatic rings. The molecule has 1 saturated heterocycles. The molecule has 0 spiro atoms. The van der Waals surface area contributed by atoms with E-state index in [-0.39, 0.29) is 6.04 Å². The first-order chi connectivity index (χ1) is 13.5. The second-order valence-electron chi connectivity index (χ2n) is 7.05. The fraction of sp³-hybridized carbons (Fsp3) is 0.421. The highest BCUT2D eigenvalue weighted by Crippen LogP contribution is 2.32. The van der Waals surface area contributed by atoms with Gasteiger partial charge in [0.2, 0.25) is 0 Å². The van der Waals surface area contributed by atoms with E-state index in [2.05, 4.69) is 44.5 Å². The molecular weight excluding hydrogens is 362 g/mol. The van der Waals surface area contributed by atoms with Crippen LogP contribution in [0.1, 0.15) is 30.3 Å². The van der Waals surface area contributed by atoms with Gasteiger partial charge in [0.1, 0.15) is 24.6 Å². The number of aryl methyl sites for hydroxylation is 1. The van der Waals surface area contributed by atoms with Gasteiger partial charge in [-0.2, -0.15) is 0 Å². The number of hydrogen-bond acceptors (Lipinski definition) is 8. The van der Waals surface area contributed by atoms with Crippen LogP contribution in [0.2, 0.25) is 0 Å². The van der Waals surface area contributed by atoms with E-state index in [9.17, 15) is 15.3 Å². The largest absolute Gasteiger partial charge is 0.394 e. The molecule has 4 rings (SSSR count). The number of nitrogens with one attached hydrogen (secondary N) is 1. The standard InChI is InChI=1S/C19H23N5O4/c1-10-3-5-12(6-4-10)11(2)23-17-14-18(21-8-20-17)24(9-22-14)19-16(27)15(26)13(7-25)28-19/h3-6,8-9,11,13,15-16,19,25-27H,7H2,1-2H3,(H,20,21,23)/t11-,13+,15+,16+,19+/m0/s1. The second-order valence-corrected chi connectivity index (χ2v) is 7.05. The molecule has 1 fully saturated rings. The molecule has 5 atom stereocenters. The maximum atomic E-state index is 10.3. The topological polar surface area (TPSA) is 126 Å². The van der Waals surface area contributed by atoms with Crippen LogP contribution >= 0.6 is 0 Å². The number of hydrogen-bond donors (Lipinski definition) is 4. The lowest BCUT2D eigenvalue weighted by atomic mass is 10.1. The van der Waals surface area contributed by atoms with Gasteiger partial charge in [0.05, 0.1) is 19.0 Å². The van der Waals surface area contributed by atoms with Crippen molar-refractivity contribution in [1.29, 1.82) is 0 Å². The van der Waals surface area contributed by atoms with Crippen molar-refractivity contribution in [2.75, 3.05) is 11.9 Å². The molecule has 2 aromatic heterocycles. The molecule has 9 heteroatoms. The summed E-state index contributed by atoms with van der Waals surface area (Å²) >= 11 is 0. The number of nitrogens with zero attached hydrogens (tertiary/aromatic N) is 4. The van der Waals surface area contributed by atoms with E-state index in [1.807, 2.05) is 13.8 Å². The van der Waals surface area contributed by atoms with Crippen molar-refractivity contribution < 1.29 is 20.1 Å². The Morgan fingerprint density at radius 2 is 1.89 bits per heavy atom. The molecule has 28 heavy (non-hydrogen) atoms. The van der Waals surface area contributed by atoms with E-state index in [4.69, 9.17) is 4.74 Å². The van der Waals surface area contributed by atoms with Crippen molar-refractivity contribution in [1.82, 2.24) is 19.5 Å². The van der Waals surface area contributed by atoms with Crippen molar-refractivity contribution in [3.05, 3.63) is 48.0 Å². The molecule has 148 valence electrons. The lowest BCUT2D eigenvalue weighted by molar-refractivity contribution is -0.0511. The van der Waals surface area contributed by atoms with Crippen LogP contribution in [0.15, 0.2) is 36.9 Å². The first-order valence-corrected chi connectivity index (χ1v) is 9.12. The molecule has 0 saturated carbocycles. The van der Waals surface area contributed by atoms with Crippen LogP contribution in [-0.4, -0.2) is 59.8 Å². The number of aliphatic hydroxyl groups excluding tert-OH is 3. The van der Waals surface area contributed by atoms with Gasteiger partial charge in [-0.25, -0.2) is 15.0 Å². The number of fused-ring (bicyclic) bond motifs is 1. The molecule has 9 nitrogen and oxygen atoms in total. The average Bonchev–Trinajstić information content (AvgIpc) is 3.24. The highest BCUT2D eigenvalue weighted by molar-refractivity contribution is 5.82. The molecule has 0 bridgehead atoms.